The maximum absolute atomic E-state index is 12.0. The Kier molecular flexibility index (Phi) is 7.89. The lowest BCUT2D eigenvalue weighted by Crippen LogP contribution is -2.30. The molecule has 4 nitrogen and oxygen atoms in total. The molecule has 0 aliphatic carbocycles. The first-order valence-corrected chi connectivity index (χ1v) is 8.33. The monoisotopic (exact) mass is 340 g/mol. The highest BCUT2D eigenvalue weighted by atomic mass is 16.5. The number of ether oxygens (including phenoxy) is 2. The van der Waals surface area contributed by atoms with Gasteiger partial charge in [0.05, 0.1) is 31.5 Å². The van der Waals surface area contributed by atoms with E-state index in [-0.39, 0.29) is 19.1 Å². The molecule has 0 aromatic heterocycles. The summed E-state index contributed by atoms with van der Waals surface area (Å²) in [4.78, 5) is 12.0. The molecule has 25 heavy (non-hydrogen) atoms. The number of aliphatic hydroxyl groups excluding tert-OH is 1. The molecular formula is C21H24O4. The molecule has 0 saturated carbocycles. The van der Waals surface area contributed by atoms with Gasteiger partial charge in [-0.2, -0.15) is 0 Å². The van der Waals surface area contributed by atoms with Crippen LogP contribution >= 0.6 is 0 Å². The summed E-state index contributed by atoms with van der Waals surface area (Å²) in [5.74, 6) is -0.645. The van der Waals surface area contributed by atoms with Crippen molar-refractivity contribution in [1.82, 2.24) is 0 Å². The molecule has 0 fully saturated rings. The summed E-state index contributed by atoms with van der Waals surface area (Å²) < 4.78 is 10.9. The Bertz CT molecular complexity index is 639. The van der Waals surface area contributed by atoms with Gasteiger partial charge < -0.3 is 14.6 Å². The Labute approximate surface area is 148 Å². The third-order valence-electron chi connectivity index (χ3n) is 3.85. The molecule has 1 N–H and O–H groups in total. The zero-order valence-corrected chi connectivity index (χ0v) is 14.2. The van der Waals surface area contributed by atoms with Crippen LogP contribution in [0.4, 0.5) is 0 Å². The van der Waals surface area contributed by atoms with Crippen LogP contribution in [0.3, 0.4) is 0 Å². The van der Waals surface area contributed by atoms with Crippen molar-refractivity contribution in [2.45, 2.75) is 19.1 Å². The van der Waals surface area contributed by atoms with Gasteiger partial charge in [0.15, 0.2) is 0 Å². The maximum atomic E-state index is 12.0. The van der Waals surface area contributed by atoms with Gasteiger partial charge in [-0.3, -0.25) is 0 Å². The second-order valence-corrected chi connectivity index (χ2v) is 5.82. The van der Waals surface area contributed by atoms with Gasteiger partial charge in [-0.25, -0.2) is 4.79 Å². The van der Waals surface area contributed by atoms with E-state index in [0.717, 1.165) is 5.56 Å². The number of carbonyl (C=O) groups is 1. The highest BCUT2D eigenvalue weighted by molar-refractivity contribution is 5.89. The van der Waals surface area contributed by atoms with E-state index in [4.69, 9.17) is 9.47 Å². The Balaban J connectivity index is 1.80. The minimum atomic E-state index is -0.731. The molecular weight excluding hydrogens is 316 g/mol. The summed E-state index contributed by atoms with van der Waals surface area (Å²) in [5, 5.41) is 10.3. The number of esters is 1. The number of rotatable bonds is 10. The van der Waals surface area contributed by atoms with Gasteiger partial charge >= 0.3 is 5.97 Å². The minimum absolute atomic E-state index is 0.121. The zero-order chi connectivity index (χ0) is 17.9. The van der Waals surface area contributed by atoms with E-state index in [2.05, 4.69) is 6.58 Å². The SMILES string of the molecule is C=CC[C@@H](COC(=O)c1ccccc1)[C@H](O)COCc1ccccc1. The van der Waals surface area contributed by atoms with E-state index in [1.165, 1.54) is 0 Å². The second-order valence-electron chi connectivity index (χ2n) is 5.82. The minimum Gasteiger partial charge on any atom is -0.462 e. The number of allylic oxidation sites excluding steroid dienone is 1. The van der Waals surface area contributed by atoms with Crippen LogP contribution in [0.1, 0.15) is 22.3 Å². The number of hydrogen-bond donors (Lipinski definition) is 1. The van der Waals surface area contributed by atoms with E-state index in [1.807, 2.05) is 36.4 Å². The highest BCUT2D eigenvalue weighted by Gasteiger charge is 2.20. The molecule has 2 atom stereocenters. The summed E-state index contributed by atoms with van der Waals surface area (Å²) in [5.41, 5.74) is 1.54. The van der Waals surface area contributed by atoms with Crippen LogP contribution in [0.25, 0.3) is 0 Å². The van der Waals surface area contributed by atoms with E-state index in [9.17, 15) is 9.90 Å². The van der Waals surface area contributed by atoms with Gasteiger partial charge in [-0.05, 0) is 24.1 Å². The van der Waals surface area contributed by atoms with Crippen LogP contribution in [0, 0.1) is 5.92 Å². The number of benzene rings is 2. The summed E-state index contributed by atoms with van der Waals surface area (Å²) >= 11 is 0. The van der Waals surface area contributed by atoms with Crippen molar-refractivity contribution in [2.75, 3.05) is 13.2 Å². The molecule has 0 spiro atoms. The molecule has 0 saturated heterocycles. The molecule has 4 heteroatoms. The average molecular weight is 340 g/mol. The lowest BCUT2D eigenvalue weighted by molar-refractivity contribution is -0.0224. The van der Waals surface area contributed by atoms with Crippen molar-refractivity contribution in [3.63, 3.8) is 0 Å². The topological polar surface area (TPSA) is 55.8 Å². The summed E-state index contributed by atoms with van der Waals surface area (Å²) in [6, 6.07) is 18.6. The molecule has 0 bridgehead atoms. The van der Waals surface area contributed by atoms with Crippen LogP contribution in [-0.4, -0.2) is 30.4 Å². The first kappa shape index (κ1) is 18.9. The molecule has 0 aliphatic heterocycles. The lowest BCUT2D eigenvalue weighted by atomic mass is 10.00. The first-order chi connectivity index (χ1) is 12.2. The van der Waals surface area contributed by atoms with Gasteiger partial charge in [0.1, 0.15) is 0 Å². The van der Waals surface area contributed by atoms with Gasteiger partial charge in [-0.1, -0.05) is 54.6 Å². The van der Waals surface area contributed by atoms with E-state index >= 15 is 0 Å². The zero-order valence-electron chi connectivity index (χ0n) is 14.2. The van der Waals surface area contributed by atoms with Crippen molar-refractivity contribution in [3.05, 3.63) is 84.4 Å². The quantitative estimate of drug-likeness (QED) is 0.530. The Morgan fingerprint density at radius 2 is 1.68 bits per heavy atom. The molecule has 2 aromatic rings. The molecule has 2 rings (SSSR count). The van der Waals surface area contributed by atoms with E-state index < -0.39 is 12.1 Å². The first-order valence-electron chi connectivity index (χ1n) is 8.33. The number of carbonyl (C=O) groups excluding carboxylic acids is 1. The van der Waals surface area contributed by atoms with Crippen LogP contribution in [0.5, 0.6) is 0 Å². The van der Waals surface area contributed by atoms with Crippen molar-refractivity contribution in [3.8, 4) is 0 Å². The summed E-state index contributed by atoms with van der Waals surface area (Å²) in [6.07, 6.45) is 1.52. The largest absolute Gasteiger partial charge is 0.462 e. The summed E-state index contributed by atoms with van der Waals surface area (Å²) in [6.45, 7) is 4.43. The molecule has 0 aliphatic rings. The summed E-state index contributed by atoms with van der Waals surface area (Å²) in [7, 11) is 0. The van der Waals surface area contributed by atoms with Gasteiger partial charge in [0.2, 0.25) is 0 Å². The Morgan fingerprint density at radius 3 is 2.32 bits per heavy atom. The Hall–Kier alpha value is -2.43. The average Bonchev–Trinajstić information content (AvgIpc) is 2.66. The van der Waals surface area contributed by atoms with Crippen LogP contribution in [-0.2, 0) is 16.1 Å². The van der Waals surface area contributed by atoms with Gasteiger partial charge in [-0.15, -0.1) is 6.58 Å². The van der Waals surface area contributed by atoms with Crippen LogP contribution in [0.2, 0.25) is 0 Å². The fraction of sp³-hybridized carbons (Fsp3) is 0.286. The normalized spacial score (nSPS) is 13.0. The van der Waals surface area contributed by atoms with Crippen molar-refractivity contribution < 1.29 is 19.4 Å². The standard InChI is InChI=1S/C21H24O4/c1-2-9-19(15-25-21(23)18-12-7-4-8-13-18)20(22)16-24-14-17-10-5-3-6-11-17/h2-8,10-13,19-20,22H,1,9,14-16H2/t19-,20+/m0/s1. The molecule has 0 heterocycles. The molecule has 0 radical (unpaired) electrons. The molecule has 2 aromatic carbocycles. The fourth-order valence-corrected chi connectivity index (χ4v) is 2.40. The fourth-order valence-electron chi connectivity index (χ4n) is 2.40. The van der Waals surface area contributed by atoms with Crippen LogP contribution in [0.15, 0.2) is 73.3 Å². The van der Waals surface area contributed by atoms with Gasteiger partial charge in [0, 0.05) is 5.92 Å². The third-order valence-corrected chi connectivity index (χ3v) is 3.85. The molecule has 0 amide bonds. The highest BCUT2D eigenvalue weighted by Crippen LogP contribution is 2.14. The smallest absolute Gasteiger partial charge is 0.338 e. The predicted molar refractivity (Wildman–Crippen MR) is 97.1 cm³/mol. The van der Waals surface area contributed by atoms with Crippen molar-refractivity contribution >= 4 is 5.97 Å². The van der Waals surface area contributed by atoms with Gasteiger partial charge in [0.25, 0.3) is 0 Å². The van der Waals surface area contributed by atoms with Crippen molar-refractivity contribution in [1.29, 1.82) is 0 Å². The second kappa shape index (κ2) is 10.4. The molecule has 132 valence electrons. The number of aliphatic hydroxyl groups is 1. The van der Waals surface area contributed by atoms with E-state index in [0.29, 0.717) is 18.6 Å². The predicted octanol–water partition coefficient (Wildman–Crippen LogP) is 3.61. The molecule has 0 unspecified atom stereocenters. The van der Waals surface area contributed by atoms with E-state index in [1.54, 1.807) is 30.3 Å². The maximum Gasteiger partial charge on any atom is 0.338 e. The van der Waals surface area contributed by atoms with Crippen LogP contribution < -0.4 is 0 Å². The lowest BCUT2D eigenvalue weighted by Gasteiger charge is -2.21. The third kappa shape index (κ3) is 6.53. The van der Waals surface area contributed by atoms with Crippen molar-refractivity contribution in [2.24, 2.45) is 5.92 Å². The number of hydrogen-bond acceptors (Lipinski definition) is 4. The Morgan fingerprint density at radius 1 is 1.04 bits per heavy atom.